The van der Waals surface area contributed by atoms with E-state index in [1.54, 1.807) is 0 Å². The average molecular weight is 364 g/mol. The predicted molar refractivity (Wildman–Crippen MR) is 103 cm³/mol. The van der Waals surface area contributed by atoms with Crippen LogP contribution >= 0.6 is 0 Å². The highest BCUT2D eigenvalue weighted by molar-refractivity contribution is 5.94. The van der Waals surface area contributed by atoms with Gasteiger partial charge in [0.1, 0.15) is 17.3 Å². The van der Waals surface area contributed by atoms with Gasteiger partial charge in [0, 0.05) is 25.2 Å². The Kier molecular flexibility index (Phi) is 6.55. The fraction of sp³-hybridized carbons (Fsp3) is 0.136. The molecule has 3 aromatic rings. The molecule has 0 heterocycles. The summed E-state index contributed by atoms with van der Waals surface area (Å²) in [6, 6.07) is 23.0. The molecule has 0 bridgehead atoms. The maximum atomic E-state index is 12.8. The fourth-order valence-electron chi connectivity index (χ4n) is 2.50. The molecule has 0 aliphatic rings. The summed E-state index contributed by atoms with van der Waals surface area (Å²) in [5.74, 6) is 1.03. The topological polar surface area (TPSA) is 50.4 Å². The minimum Gasteiger partial charge on any atom is -0.457 e. The third-order valence-electron chi connectivity index (χ3n) is 3.93. The van der Waals surface area contributed by atoms with Crippen molar-refractivity contribution in [2.24, 2.45) is 0 Å². The molecule has 138 valence electrons. The zero-order valence-electron chi connectivity index (χ0n) is 14.8. The highest BCUT2D eigenvalue weighted by atomic mass is 19.1. The second kappa shape index (κ2) is 9.50. The van der Waals surface area contributed by atoms with Gasteiger partial charge in [0.2, 0.25) is 0 Å². The monoisotopic (exact) mass is 364 g/mol. The number of hydrogen-bond donors (Lipinski definition) is 2. The Morgan fingerprint density at radius 3 is 2.19 bits per heavy atom. The average Bonchev–Trinajstić information content (AvgIpc) is 2.70. The summed E-state index contributed by atoms with van der Waals surface area (Å²) in [5.41, 5.74) is 1.57. The van der Waals surface area contributed by atoms with Gasteiger partial charge in [0.25, 0.3) is 5.91 Å². The first kappa shape index (κ1) is 18.6. The van der Waals surface area contributed by atoms with Crippen LogP contribution in [0, 0.1) is 5.82 Å². The molecule has 0 aliphatic heterocycles. The lowest BCUT2D eigenvalue weighted by Gasteiger charge is -2.09. The lowest BCUT2D eigenvalue weighted by atomic mass is 10.2. The summed E-state index contributed by atoms with van der Waals surface area (Å²) in [7, 11) is 0. The van der Waals surface area contributed by atoms with E-state index in [1.165, 1.54) is 24.3 Å². The molecule has 3 aromatic carbocycles. The summed E-state index contributed by atoms with van der Waals surface area (Å²) in [4.78, 5) is 11.9. The van der Waals surface area contributed by atoms with Crippen molar-refractivity contribution in [2.75, 3.05) is 13.1 Å². The Hall–Kier alpha value is -3.18. The smallest absolute Gasteiger partial charge is 0.251 e. The number of rotatable bonds is 8. The highest BCUT2D eigenvalue weighted by Gasteiger charge is 2.04. The normalized spacial score (nSPS) is 10.4. The molecule has 5 heteroatoms. The van der Waals surface area contributed by atoms with Crippen LogP contribution in [0.1, 0.15) is 15.9 Å². The Bertz CT molecular complexity index is 850. The Morgan fingerprint density at radius 1 is 0.815 bits per heavy atom. The molecule has 0 saturated heterocycles. The van der Waals surface area contributed by atoms with E-state index in [9.17, 15) is 9.18 Å². The first-order valence-electron chi connectivity index (χ1n) is 8.77. The molecule has 0 unspecified atom stereocenters. The van der Waals surface area contributed by atoms with Crippen molar-refractivity contribution in [3.8, 4) is 11.5 Å². The SMILES string of the molecule is O=C(NCCNCc1ccc(Oc2ccccc2)cc1)c1ccc(F)cc1. The van der Waals surface area contributed by atoms with Crippen molar-refractivity contribution in [2.45, 2.75) is 6.54 Å². The van der Waals surface area contributed by atoms with E-state index >= 15 is 0 Å². The molecule has 2 N–H and O–H groups in total. The number of halogens is 1. The van der Waals surface area contributed by atoms with Crippen LogP contribution in [0.4, 0.5) is 4.39 Å². The maximum Gasteiger partial charge on any atom is 0.251 e. The van der Waals surface area contributed by atoms with Crippen molar-refractivity contribution in [3.05, 3.63) is 95.8 Å². The van der Waals surface area contributed by atoms with Gasteiger partial charge < -0.3 is 15.4 Å². The quantitative estimate of drug-likeness (QED) is 0.591. The summed E-state index contributed by atoms with van der Waals surface area (Å²) in [5, 5.41) is 6.07. The number of nitrogens with one attached hydrogen (secondary N) is 2. The molecule has 27 heavy (non-hydrogen) atoms. The van der Waals surface area contributed by atoms with E-state index in [1.807, 2.05) is 54.6 Å². The second-order valence-electron chi connectivity index (χ2n) is 6.00. The van der Waals surface area contributed by atoms with Gasteiger partial charge in [-0.25, -0.2) is 4.39 Å². The molecule has 0 spiro atoms. The third-order valence-corrected chi connectivity index (χ3v) is 3.93. The van der Waals surface area contributed by atoms with E-state index in [0.29, 0.717) is 25.2 Å². The van der Waals surface area contributed by atoms with Crippen molar-refractivity contribution < 1.29 is 13.9 Å². The summed E-state index contributed by atoms with van der Waals surface area (Å²) >= 11 is 0. The Balaban J connectivity index is 1.36. The van der Waals surface area contributed by atoms with Crippen LogP contribution in [0.3, 0.4) is 0 Å². The summed E-state index contributed by atoms with van der Waals surface area (Å²) < 4.78 is 18.6. The van der Waals surface area contributed by atoms with Crippen molar-refractivity contribution >= 4 is 5.91 Å². The molecular weight excluding hydrogens is 343 g/mol. The molecule has 4 nitrogen and oxygen atoms in total. The number of ether oxygens (including phenoxy) is 1. The van der Waals surface area contributed by atoms with Crippen molar-refractivity contribution in [1.29, 1.82) is 0 Å². The van der Waals surface area contributed by atoms with Crippen LogP contribution in [-0.4, -0.2) is 19.0 Å². The van der Waals surface area contributed by atoms with Gasteiger partial charge in [-0.2, -0.15) is 0 Å². The first-order chi connectivity index (χ1) is 13.2. The highest BCUT2D eigenvalue weighted by Crippen LogP contribution is 2.20. The van der Waals surface area contributed by atoms with Gasteiger partial charge in [0.15, 0.2) is 0 Å². The van der Waals surface area contributed by atoms with Gasteiger partial charge >= 0.3 is 0 Å². The van der Waals surface area contributed by atoms with Crippen molar-refractivity contribution in [3.63, 3.8) is 0 Å². The van der Waals surface area contributed by atoms with E-state index < -0.39 is 0 Å². The van der Waals surface area contributed by atoms with Crippen LogP contribution in [0.2, 0.25) is 0 Å². The number of hydrogen-bond acceptors (Lipinski definition) is 3. The zero-order valence-corrected chi connectivity index (χ0v) is 14.8. The van der Waals surface area contributed by atoms with Gasteiger partial charge in [-0.05, 0) is 54.1 Å². The number of benzene rings is 3. The van der Waals surface area contributed by atoms with Gasteiger partial charge in [-0.15, -0.1) is 0 Å². The minimum atomic E-state index is -0.353. The molecule has 3 rings (SSSR count). The molecule has 0 atom stereocenters. The molecule has 0 saturated carbocycles. The van der Waals surface area contributed by atoms with Crippen LogP contribution in [-0.2, 0) is 6.54 Å². The van der Waals surface area contributed by atoms with Gasteiger partial charge in [-0.1, -0.05) is 30.3 Å². The van der Waals surface area contributed by atoms with Crippen LogP contribution in [0.25, 0.3) is 0 Å². The molecular formula is C22H21FN2O2. The van der Waals surface area contributed by atoms with Crippen molar-refractivity contribution in [1.82, 2.24) is 10.6 Å². The lowest BCUT2D eigenvalue weighted by Crippen LogP contribution is -2.31. The maximum absolute atomic E-state index is 12.8. The van der Waals surface area contributed by atoms with Crippen LogP contribution in [0.5, 0.6) is 11.5 Å². The number of carbonyl (C=O) groups excluding carboxylic acids is 1. The van der Waals surface area contributed by atoms with Gasteiger partial charge in [0.05, 0.1) is 0 Å². The van der Waals surface area contributed by atoms with Crippen LogP contribution in [0.15, 0.2) is 78.9 Å². The number of amides is 1. The number of para-hydroxylation sites is 1. The van der Waals surface area contributed by atoms with E-state index in [0.717, 1.165) is 17.1 Å². The molecule has 0 aliphatic carbocycles. The molecule has 1 amide bonds. The molecule has 0 aromatic heterocycles. The number of carbonyl (C=O) groups is 1. The first-order valence-corrected chi connectivity index (χ1v) is 8.77. The standard InChI is InChI=1S/C22H21FN2O2/c23-19-10-8-18(9-11-19)22(26)25-15-14-24-16-17-6-12-21(13-7-17)27-20-4-2-1-3-5-20/h1-13,24H,14-16H2,(H,25,26). The Labute approximate surface area is 158 Å². The van der Waals surface area contributed by atoms with E-state index in [4.69, 9.17) is 4.74 Å². The minimum absolute atomic E-state index is 0.209. The summed E-state index contributed by atoms with van der Waals surface area (Å²) in [6.07, 6.45) is 0. The van der Waals surface area contributed by atoms with Crippen LogP contribution < -0.4 is 15.4 Å². The summed E-state index contributed by atoms with van der Waals surface area (Å²) in [6.45, 7) is 1.82. The fourth-order valence-corrected chi connectivity index (χ4v) is 2.50. The third kappa shape index (κ3) is 5.94. The molecule has 0 radical (unpaired) electrons. The predicted octanol–water partition coefficient (Wildman–Crippen LogP) is 4.14. The van der Waals surface area contributed by atoms with E-state index in [2.05, 4.69) is 10.6 Å². The zero-order chi connectivity index (χ0) is 18.9. The lowest BCUT2D eigenvalue weighted by molar-refractivity contribution is 0.0954. The largest absolute Gasteiger partial charge is 0.457 e. The second-order valence-corrected chi connectivity index (χ2v) is 6.00. The van der Waals surface area contributed by atoms with Gasteiger partial charge in [-0.3, -0.25) is 4.79 Å². The molecule has 0 fully saturated rings. The van der Waals surface area contributed by atoms with E-state index in [-0.39, 0.29) is 11.7 Å². The Morgan fingerprint density at radius 2 is 1.48 bits per heavy atom.